The van der Waals surface area contributed by atoms with Crippen LogP contribution < -0.4 is 27.0 Å². The highest BCUT2D eigenvalue weighted by Gasteiger charge is 2.65. The number of ether oxygens (including phenoxy) is 5. The third-order valence-electron chi connectivity index (χ3n) is 17.2. The normalized spacial score (nSPS) is 40.9. The summed E-state index contributed by atoms with van der Waals surface area (Å²) in [7, 11) is 6.20. The van der Waals surface area contributed by atoms with E-state index in [-0.39, 0.29) is 73.5 Å². The summed E-state index contributed by atoms with van der Waals surface area (Å²) in [5.41, 5.74) is 11.9. The van der Waals surface area contributed by atoms with Crippen LogP contribution in [0.5, 0.6) is 0 Å². The van der Waals surface area contributed by atoms with Gasteiger partial charge in [-0.05, 0) is 83.1 Å². The first-order valence-electron chi connectivity index (χ1n) is 26.7. The van der Waals surface area contributed by atoms with Crippen LogP contribution in [-0.2, 0) is 33.3 Å². The molecular weight excluding hydrogens is 1090 g/mol. The molecular formula is C52H72N7O15S4+. The highest BCUT2D eigenvalue weighted by atomic mass is 33.1. The number of aliphatic hydroxyl groups excluding tert-OH is 5. The Hall–Kier alpha value is -3.50. The van der Waals surface area contributed by atoms with Crippen molar-refractivity contribution in [2.75, 3.05) is 51.0 Å². The lowest BCUT2D eigenvalue weighted by molar-refractivity contribution is -0.870. The van der Waals surface area contributed by atoms with E-state index in [4.69, 9.17) is 40.1 Å². The molecule has 10 aliphatic rings. The van der Waals surface area contributed by atoms with Crippen molar-refractivity contribution < 1.29 is 79.0 Å². The molecule has 26 heteroatoms. The molecule has 1 saturated heterocycles. The Morgan fingerprint density at radius 3 is 2.68 bits per heavy atom. The fourth-order valence-corrected chi connectivity index (χ4v) is 20.7. The summed E-state index contributed by atoms with van der Waals surface area (Å²) in [6, 6.07) is -1.10. The van der Waals surface area contributed by atoms with Gasteiger partial charge in [0.1, 0.15) is 47.4 Å². The fourth-order valence-electron chi connectivity index (χ4n) is 13.6. The highest BCUT2D eigenvalue weighted by molar-refractivity contribution is 8.79. The van der Waals surface area contributed by atoms with Crippen LogP contribution in [0, 0.1) is 40.9 Å². The van der Waals surface area contributed by atoms with Gasteiger partial charge in [-0.15, -0.1) is 0 Å². The number of carboxylic acid groups (broad SMARTS) is 1. The first-order chi connectivity index (χ1) is 37.4. The second-order valence-corrected chi connectivity index (χ2v) is 27.5. The van der Waals surface area contributed by atoms with Crippen LogP contribution in [0.1, 0.15) is 65.2 Å². The highest BCUT2D eigenvalue weighted by Crippen LogP contribution is 2.62. The summed E-state index contributed by atoms with van der Waals surface area (Å²) >= 11 is 0. The van der Waals surface area contributed by atoms with Crippen molar-refractivity contribution >= 4 is 67.0 Å². The number of aliphatic imine (C=N–C) groups is 2. The maximum atomic E-state index is 15.7. The molecule has 0 aromatic carbocycles. The van der Waals surface area contributed by atoms with Crippen molar-refractivity contribution in [3.05, 3.63) is 58.7 Å². The first-order valence-corrected chi connectivity index (χ1v) is 31.4. The zero-order chi connectivity index (χ0) is 55.3. The molecule has 7 aliphatic heterocycles. The third kappa shape index (κ3) is 10.8. The maximum Gasteiger partial charge on any atom is 0.343 e. The molecule has 1 spiro atoms. The molecule has 15 N–H and O–H groups in total. The lowest BCUT2D eigenvalue weighted by Gasteiger charge is -2.53. The molecule has 22 nitrogen and oxygen atoms in total. The minimum absolute atomic E-state index is 0.0574. The number of fused-ring (bicyclic) bond motifs is 5. The summed E-state index contributed by atoms with van der Waals surface area (Å²) < 4.78 is 31.9. The van der Waals surface area contributed by atoms with E-state index in [1.165, 1.54) is 6.26 Å². The number of carbonyl (C=O) groups is 2. The zero-order valence-electron chi connectivity index (χ0n) is 43.4. The predicted octanol–water partition coefficient (Wildman–Crippen LogP) is -0.886. The number of quaternary nitrogens is 1. The van der Waals surface area contributed by atoms with Crippen molar-refractivity contribution in [3.63, 3.8) is 0 Å². The standard InChI is InChI=1S/C52H71N7O15S4/c1-26(2)71-41-45(73-37(23-63)40(64)52(41,68)69)74-46-51-9-3-14-75-78-50(18-31-17-49(58-48(54)56-31)10-8-30(51)16-49)11-7-27-15-29-19-59(20-32(43(65)66)39(29)57-47(53)55-12-4-13-60)35(22-62)42(50)77-76-25-34-28(21-61)5-6-36(34)72-44(67)33(24-70-46)38(27)51/h3,9,15,20,24,26,28,30-31,34-38,40-42,45-46,60-64,68-69H,4-6,8,10,12-14,16-19,21-23,25H2,1-2H3,(H,65,66)(H3,53,55,57)(H3,54,56,58)/p+1. The molecule has 17 unspecified atom stereocenters. The van der Waals surface area contributed by atoms with E-state index in [0.717, 1.165) is 0 Å². The van der Waals surface area contributed by atoms with Gasteiger partial charge in [0.2, 0.25) is 12.1 Å². The van der Waals surface area contributed by atoms with Crippen LogP contribution in [0.2, 0.25) is 0 Å². The number of aliphatic hydroxyl groups is 7. The molecule has 428 valence electrons. The Morgan fingerprint density at radius 1 is 1.12 bits per heavy atom. The smallest absolute Gasteiger partial charge is 0.343 e. The van der Waals surface area contributed by atoms with E-state index in [9.17, 15) is 45.6 Å². The average Bonchev–Trinajstić information content (AvgIpc) is 3.66. The number of allylic oxidation sites excluding steroid dienone is 1. The molecule has 10 rings (SSSR count). The SMILES string of the molecule is CC(C)OC1C(OC2OC=C3C(=O)OC4CCC(CO)C4CSSC4C(CO)[NH+]5C=C(C(=O)O)C(NC(N)=NCCCO)=C(C=C6C#CC47CC4CC8(CCC(C8)C2(C=CCSS7)C63)NC(N)=N4)C5)OC(CO)C(O)C1(O)O. The van der Waals surface area contributed by atoms with Crippen molar-refractivity contribution in [1.82, 2.24) is 10.6 Å². The first kappa shape index (κ1) is 57.7. The van der Waals surface area contributed by atoms with Gasteiger partial charge in [0, 0.05) is 59.8 Å². The molecule has 0 amide bonds. The molecule has 7 heterocycles. The number of guanidine groups is 2. The second kappa shape index (κ2) is 23.4. The van der Waals surface area contributed by atoms with E-state index in [1.54, 1.807) is 69.3 Å². The van der Waals surface area contributed by atoms with Gasteiger partial charge >= 0.3 is 11.9 Å². The van der Waals surface area contributed by atoms with Crippen LogP contribution in [0.3, 0.4) is 0 Å². The maximum absolute atomic E-state index is 15.7. The van der Waals surface area contributed by atoms with Crippen molar-refractivity contribution in [3.8, 4) is 11.8 Å². The summed E-state index contributed by atoms with van der Waals surface area (Å²) in [4.78, 5) is 39.6. The lowest BCUT2D eigenvalue weighted by atomic mass is 9.58. The molecule has 2 saturated carbocycles. The minimum Gasteiger partial charge on any atom is -0.477 e. The minimum atomic E-state index is -3.03. The number of nitrogens with zero attached hydrogens (tertiary/aromatic N) is 2. The quantitative estimate of drug-likeness (QED) is 0.0165. The number of hydrogen-bond donors (Lipinski definition) is 13. The number of carbonyl (C=O) groups excluding carboxylic acids is 1. The van der Waals surface area contributed by atoms with Crippen LogP contribution in [-0.4, -0.2) is 192 Å². The monoisotopic (exact) mass is 1160 g/mol. The summed E-state index contributed by atoms with van der Waals surface area (Å²) in [6.07, 6.45) is 2.45. The largest absolute Gasteiger partial charge is 0.477 e. The van der Waals surface area contributed by atoms with Gasteiger partial charge in [0.25, 0.3) is 0 Å². The number of hydrogen-bond acceptors (Lipinski definition) is 22. The zero-order valence-corrected chi connectivity index (χ0v) is 46.7. The summed E-state index contributed by atoms with van der Waals surface area (Å²) in [5, 5.41) is 94.9. The van der Waals surface area contributed by atoms with Crippen LogP contribution in [0.4, 0.5) is 0 Å². The number of rotatable bonds is 12. The molecule has 3 fully saturated rings. The summed E-state index contributed by atoms with van der Waals surface area (Å²) in [5.74, 6) is 1.28. The van der Waals surface area contributed by atoms with E-state index >= 15 is 4.79 Å². The number of nitrogens with two attached hydrogens (primary N) is 2. The average molecular weight is 1160 g/mol. The van der Waals surface area contributed by atoms with E-state index < -0.39 is 112 Å². The number of nitrogens with one attached hydrogen (secondary N) is 3. The molecule has 10 bridgehead atoms. The Kier molecular flexibility index (Phi) is 17.3. The molecule has 0 aromatic rings. The molecule has 17 atom stereocenters. The topological polar surface area (TPSA) is 347 Å². The van der Waals surface area contributed by atoms with Gasteiger partial charge in [-0.3, -0.25) is 9.89 Å². The van der Waals surface area contributed by atoms with Crippen molar-refractivity contribution in [2.45, 2.75) is 142 Å². The molecule has 3 aliphatic carbocycles. The van der Waals surface area contributed by atoms with Gasteiger partial charge in [-0.25, -0.2) is 14.6 Å². The Balaban J connectivity index is 1.31. The Labute approximate surface area is 468 Å². The Morgan fingerprint density at radius 2 is 1.94 bits per heavy atom. The number of aliphatic carboxylic acids is 1. The van der Waals surface area contributed by atoms with E-state index in [0.29, 0.717) is 78.9 Å². The van der Waals surface area contributed by atoms with Gasteiger partial charge < -0.3 is 86.6 Å². The molecule has 0 radical (unpaired) electrons. The van der Waals surface area contributed by atoms with Crippen molar-refractivity contribution in [2.24, 2.45) is 50.5 Å². The lowest BCUT2D eigenvalue weighted by Crippen LogP contribution is -3.14. The van der Waals surface area contributed by atoms with Gasteiger partial charge in [0.05, 0.1) is 53.6 Å². The van der Waals surface area contributed by atoms with Crippen LogP contribution in [0.15, 0.2) is 68.7 Å². The number of carboxylic acids is 1. The predicted molar refractivity (Wildman–Crippen MR) is 292 cm³/mol. The molecule has 78 heavy (non-hydrogen) atoms. The van der Waals surface area contributed by atoms with Crippen LogP contribution in [0.25, 0.3) is 0 Å². The van der Waals surface area contributed by atoms with Crippen molar-refractivity contribution in [1.29, 1.82) is 0 Å². The second-order valence-electron chi connectivity index (χ2n) is 22.3. The Bertz CT molecular complexity index is 2610. The van der Waals surface area contributed by atoms with Crippen LogP contribution >= 0.6 is 43.2 Å². The van der Waals surface area contributed by atoms with Gasteiger partial charge in [0.15, 0.2) is 24.3 Å². The number of esters is 1. The third-order valence-corrected chi connectivity index (χ3v) is 23.3. The van der Waals surface area contributed by atoms with Gasteiger partial charge in [-0.1, -0.05) is 67.2 Å². The molecule has 0 aromatic heterocycles. The van der Waals surface area contributed by atoms with Gasteiger partial charge in [-0.2, -0.15) is 0 Å². The summed E-state index contributed by atoms with van der Waals surface area (Å²) in [6.45, 7) is 2.04. The van der Waals surface area contributed by atoms with E-state index in [1.807, 2.05) is 12.2 Å². The fraction of sp³-hybridized carbons (Fsp3) is 0.692. The van der Waals surface area contributed by atoms with E-state index in [2.05, 4.69) is 27.5 Å².